The molecule has 80 valence electrons. The summed E-state index contributed by atoms with van der Waals surface area (Å²) in [5.74, 6) is 0.0312. The Kier molecular flexibility index (Phi) is 2.58. The second-order valence-electron chi connectivity index (χ2n) is 3.83. The molecule has 0 spiro atoms. The van der Waals surface area contributed by atoms with E-state index in [0.717, 1.165) is 12.2 Å². The molecule has 0 saturated heterocycles. The molecule has 0 bridgehead atoms. The van der Waals surface area contributed by atoms with Gasteiger partial charge in [-0.05, 0) is 31.9 Å². The van der Waals surface area contributed by atoms with Crippen molar-refractivity contribution in [3.63, 3.8) is 0 Å². The van der Waals surface area contributed by atoms with Crippen LogP contribution in [0, 0.1) is 5.41 Å². The van der Waals surface area contributed by atoms with Crippen LogP contribution < -0.4 is 10.6 Å². The largest absolute Gasteiger partial charge is 0.382 e. The molecule has 1 aliphatic rings. The first-order valence-electron chi connectivity index (χ1n) is 5.29. The van der Waals surface area contributed by atoms with Gasteiger partial charge in [-0.15, -0.1) is 0 Å². The van der Waals surface area contributed by atoms with E-state index in [1.54, 1.807) is 6.20 Å². The first-order chi connectivity index (χ1) is 7.22. The van der Waals surface area contributed by atoms with E-state index < -0.39 is 0 Å². The molecule has 1 aliphatic carbocycles. The molecular formula is C11H16N4. The van der Waals surface area contributed by atoms with Gasteiger partial charge >= 0.3 is 0 Å². The van der Waals surface area contributed by atoms with Crippen molar-refractivity contribution in [1.29, 1.82) is 5.41 Å². The number of pyridine rings is 1. The first-order valence-corrected chi connectivity index (χ1v) is 5.29. The SMILES string of the molecule is CCN(c1ccnc(C(=N)N)c1)C1CC1. The maximum Gasteiger partial charge on any atom is 0.141 e. The fourth-order valence-corrected chi connectivity index (χ4v) is 1.78. The Balaban J connectivity index is 2.26. The summed E-state index contributed by atoms with van der Waals surface area (Å²) in [5, 5.41) is 7.35. The van der Waals surface area contributed by atoms with Gasteiger partial charge in [-0.1, -0.05) is 0 Å². The molecule has 0 amide bonds. The van der Waals surface area contributed by atoms with E-state index in [4.69, 9.17) is 11.1 Å². The van der Waals surface area contributed by atoms with Crippen molar-refractivity contribution in [1.82, 2.24) is 4.98 Å². The first kappa shape index (κ1) is 9.96. The van der Waals surface area contributed by atoms with E-state index in [2.05, 4.69) is 16.8 Å². The van der Waals surface area contributed by atoms with Gasteiger partial charge < -0.3 is 10.6 Å². The van der Waals surface area contributed by atoms with E-state index in [-0.39, 0.29) is 5.84 Å². The Morgan fingerprint density at radius 3 is 2.93 bits per heavy atom. The molecule has 1 aromatic heterocycles. The van der Waals surface area contributed by atoms with E-state index in [9.17, 15) is 0 Å². The Morgan fingerprint density at radius 1 is 1.67 bits per heavy atom. The average molecular weight is 204 g/mol. The Bertz CT molecular complexity index is 371. The van der Waals surface area contributed by atoms with Gasteiger partial charge in [0.2, 0.25) is 0 Å². The van der Waals surface area contributed by atoms with Crippen LogP contribution >= 0.6 is 0 Å². The number of anilines is 1. The Morgan fingerprint density at radius 2 is 2.40 bits per heavy atom. The summed E-state index contributed by atoms with van der Waals surface area (Å²) in [4.78, 5) is 6.40. The van der Waals surface area contributed by atoms with Crippen molar-refractivity contribution in [2.75, 3.05) is 11.4 Å². The summed E-state index contributed by atoms with van der Waals surface area (Å²) in [6.07, 6.45) is 4.26. The van der Waals surface area contributed by atoms with Crippen molar-refractivity contribution in [3.05, 3.63) is 24.0 Å². The van der Waals surface area contributed by atoms with Crippen LogP contribution in [0.2, 0.25) is 0 Å². The van der Waals surface area contributed by atoms with Crippen molar-refractivity contribution in [2.24, 2.45) is 5.73 Å². The highest BCUT2D eigenvalue weighted by Gasteiger charge is 2.28. The van der Waals surface area contributed by atoms with E-state index >= 15 is 0 Å². The maximum absolute atomic E-state index is 7.35. The highest BCUT2D eigenvalue weighted by Crippen LogP contribution is 2.31. The molecule has 1 saturated carbocycles. The minimum Gasteiger partial charge on any atom is -0.382 e. The second-order valence-corrected chi connectivity index (χ2v) is 3.83. The van der Waals surface area contributed by atoms with Gasteiger partial charge in [0.1, 0.15) is 11.5 Å². The molecule has 4 nitrogen and oxygen atoms in total. The van der Waals surface area contributed by atoms with Crippen LogP contribution in [-0.4, -0.2) is 23.4 Å². The van der Waals surface area contributed by atoms with E-state index in [1.165, 1.54) is 12.8 Å². The number of hydrogen-bond donors (Lipinski definition) is 2. The summed E-state index contributed by atoms with van der Waals surface area (Å²) in [7, 11) is 0. The molecule has 4 heteroatoms. The molecule has 0 unspecified atom stereocenters. The molecule has 1 aromatic rings. The number of rotatable bonds is 4. The van der Waals surface area contributed by atoms with E-state index in [0.29, 0.717) is 11.7 Å². The zero-order valence-electron chi connectivity index (χ0n) is 8.90. The fraction of sp³-hybridized carbons (Fsp3) is 0.455. The van der Waals surface area contributed by atoms with Crippen LogP contribution in [-0.2, 0) is 0 Å². The predicted molar refractivity (Wildman–Crippen MR) is 61.3 cm³/mol. The quantitative estimate of drug-likeness (QED) is 0.574. The minimum atomic E-state index is 0.0312. The molecule has 0 aromatic carbocycles. The highest BCUT2D eigenvalue weighted by molar-refractivity contribution is 5.93. The molecule has 15 heavy (non-hydrogen) atoms. The second kappa shape index (κ2) is 3.88. The van der Waals surface area contributed by atoms with Crippen LogP contribution in [0.1, 0.15) is 25.5 Å². The smallest absolute Gasteiger partial charge is 0.141 e. The fourth-order valence-electron chi connectivity index (χ4n) is 1.78. The van der Waals surface area contributed by atoms with Crippen molar-refractivity contribution < 1.29 is 0 Å². The Hall–Kier alpha value is -1.58. The topological polar surface area (TPSA) is 66.0 Å². The third kappa shape index (κ3) is 2.09. The monoisotopic (exact) mass is 204 g/mol. The number of nitrogens with two attached hydrogens (primary N) is 1. The summed E-state index contributed by atoms with van der Waals surface area (Å²) in [6, 6.07) is 4.55. The normalized spacial score (nSPS) is 15.0. The lowest BCUT2D eigenvalue weighted by molar-refractivity contribution is 0.825. The number of hydrogen-bond acceptors (Lipinski definition) is 3. The molecule has 0 radical (unpaired) electrons. The van der Waals surface area contributed by atoms with Crippen LogP contribution in [0.25, 0.3) is 0 Å². The Labute approximate surface area is 89.6 Å². The molecule has 3 N–H and O–H groups in total. The maximum atomic E-state index is 7.35. The standard InChI is InChI=1S/C11H16N4/c1-2-15(8-3-4-8)9-5-6-14-10(7-9)11(12)13/h5-8H,2-4H2,1H3,(H3,12,13). The van der Waals surface area contributed by atoms with E-state index in [1.807, 2.05) is 12.1 Å². The zero-order chi connectivity index (χ0) is 10.8. The number of nitrogens with zero attached hydrogens (tertiary/aromatic N) is 2. The van der Waals surface area contributed by atoms with Gasteiger partial charge in [0.05, 0.1) is 0 Å². The van der Waals surface area contributed by atoms with Crippen LogP contribution in [0.4, 0.5) is 5.69 Å². The number of amidine groups is 1. The van der Waals surface area contributed by atoms with Gasteiger partial charge in [-0.2, -0.15) is 0 Å². The van der Waals surface area contributed by atoms with Gasteiger partial charge in [-0.3, -0.25) is 10.4 Å². The van der Waals surface area contributed by atoms with Gasteiger partial charge in [0.25, 0.3) is 0 Å². The van der Waals surface area contributed by atoms with Gasteiger partial charge in [-0.25, -0.2) is 0 Å². The lowest BCUT2D eigenvalue weighted by atomic mass is 10.2. The lowest BCUT2D eigenvalue weighted by Gasteiger charge is -2.22. The van der Waals surface area contributed by atoms with Crippen molar-refractivity contribution in [3.8, 4) is 0 Å². The number of nitrogen functional groups attached to an aromatic ring is 1. The number of nitrogens with one attached hydrogen (secondary N) is 1. The summed E-state index contributed by atoms with van der Waals surface area (Å²) in [5.41, 5.74) is 7.11. The predicted octanol–water partition coefficient (Wildman–Crippen LogP) is 1.35. The van der Waals surface area contributed by atoms with Crippen LogP contribution in [0.3, 0.4) is 0 Å². The third-order valence-corrected chi connectivity index (χ3v) is 2.68. The summed E-state index contributed by atoms with van der Waals surface area (Å²) >= 11 is 0. The average Bonchev–Trinajstić information content (AvgIpc) is 3.04. The third-order valence-electron chi connectivity index (χ3n) is 2.68. The summed E-state index contributed by atoms with van der Waals surface area (Å²) in [6.45, 7) is 3.14. The lowest BCUT2D eigenvalue weighted by Crippen LogP contribution is -2.25. The van der Waals surface area contributed by atoms with Crippen LogP contribution in [0.5, 0.6) is 0 Å². The zero-order valence-corrected chi connectivity index (χ0v) is 8.90. The highest BCUT2D eigenvalue weighted by atomic mass is 15.2. The summed E-state index contributed by atoms with van der Waals surface area (Å²) < 4.78 is 0. The molecular weight excluding hydrogens is 188 g/mol. The molecule has 0 atom stereocenters. The van der Waals surface area contributed by atoms with Gasteiger partial charge in [0.15, 0.2) is 0 Å². The molecule has 1 fully saturated rings. The van der Waals surface area contributed by atoms with Crippen molar-refractivity contribution in [2.45, 2.75) is 25.8 Å². The van der Waals surface area contributed by atoms with Crippen molar-refractivity contribution >= 4 is 11.5 Å². The minimum absolute atomic E-state index is 0.0312. The van der Waals surface area contributed by atoms with Crippen LogP contribution in [0.15, 0.2) is 18.3 Å². The van der Waals surface area contributed by atoms with Gasteiger partial charge in [0, 0.05) is 24.5 Å². The molecule has 0 aliphatic heterocycles. The molecule has 1 heterocycles. The molecule has 2 rings (SSSR count). The number of aromatic nitrogens is 1.